The Morgan fingerprint density at radius 1 is 0.833 bits per heavy atom. The topological polar surface area (TPSA) is 276 Å². The Balaban J connectivity index is 0.000000206. The zero-order valence-corrected chi connectivity index (χ0v) is 46.2. The van der Waals surface area contributed by atoms with Crippen LogP contribution in [0.5, 0.6) is 0 Å². The quantitative estimate of drug-likeness (QED) is 0.0773. The van der Waals surface area contributed by atoms with Crippen molar-refractivity contribution in [3.8, 4) is 22.5 Å². The van der Waals surface area contributed by atoms with Gasteiger partial charge in [0.25, 0.3) is 17.0 Å². The number of rotatable bonds is 16. The SMILES string of the molecule is CN(Cc1ccc(Cl)s1)c1cc(-c2c(C(=O)O)ccn(CC(=O)c3ccsc3)c2=O)nn1C(=O)C(C)(C)C.Cc1cc(=O)n(CC(=O)N2CCOCC2)c(C(=O)O)c1-c1cc(NCc2ccc(Cl)s2)n(C(=O)c2ccno2)n1. The van der Waals surface area contributed by atoms with E-state index in [2.05, 4.69) is 20.7 Å². The minimum Gasteiger partial charge on any atom is -0.478 e. The van der Waals surface area contributed by atoms with Gasteiger partial charge in [0.15, 0.2) is 5.78 Å². The maximum Gasteiger partial charge on any atom is 0.353 e. The standard InChI is InChI=1S/C26H25ClN4O5S2.C25H23ClN6O7S/c1-26(2,3)25(36)31-21(29(4)12-16-5-6-20(27)38-16)11-18(28-31)22-17(24(34)35)7-9-30(23(22)33)13-19(32)15-8-10-37-14-15;1-14-10-20(33)31(13-21(34)30-6-8-38-9-7-30)23(25(36)37)22(14)16-11-19(27-12-15-2-3-18(26)40-15)32(29-16)24(35)17-4-5-28-39-17/h5-11,14H,12-13H2,1-4H3,(H,34,35);2-5,10-11,27H,6-9,12-13H2,1H3,(H,36,37). The molecule has 9 heterocycles. The fraction of sp³-hybridized carbons (Fsp3) is 0.275. The second kappa shape index (κ2) is 23.8. The van der Waals surface area contributed by atoms with Crippen molar-refractivity contribution in [3.05, 3.63) is 151 Å². The molecule has 1 aliphatic rings. The second-order valence-corrected chi connectivity index (χ2v) is 22.9. The Kier molecular flexibility index (Phi) is 17.2. The smallest absolute Gasteiger partial charge is 0.353 e. The van der Waals surface area contributed by atoms with Gasteiger partial charge in [0.05, 0.1) is 64.5 Å². The molecular weight excluding hydrogens is 1110 g/mol. The number of pyridine rings is 2. The van der Waals surface area contributed by atoms with Crippen molar-refractivity contribution in [3.63, 3.8) is 0 Å². The number of nitrogens with one attached hydrogen (secondary N) is 1. The summed E-state index contributed by atoms with van der Waals surface area (Å²) in [5.41, 5.74) is -2.07. The van der Waals surface area contributed by atoms with E-state index in [0.717, 1.165) is 23.6 Å². The average Bonchev–Trinajstić information content (AvgIpc) is 4.33. The van der Waals surface area contributed by atoms with E-state index in [-0.39, 0.29) is 57.9 Å². The molecule has 0 aliphatic carbocycles. The van der Waals surface area contributed by atoms with Crippen LogP contribution in [0, 0.1) is 12.3 Å². The van der Waals surface area contributed by atoms with E-state index >= 15 is 0 Å². The van der Waals surface area contributed by atoms with Gasteiger partial charge in [-0.1, -0.05) is 49.1 Å². The number of thiophene rings is 3. The lowest BCUT2D eigenvalue weighted by Crippen LogP contribution is -2.44. The van der Waals surface area contributed by atoms with Gasteiger partial charge >= 0.3 is 17.8 Å². The molecule has 9 rings (SSSR count). The number of carbonyl (C=O) groups excluding carboxylic acids is 4. The van der Waals surface area contributed by atoms with Crippen LogP contribution in [-0.4, -0.2) is 118 Å². The summed E-state index contributed by atoms with van der Waals surface area (Å²) in [5, 5.41) is 39.0. The van der Waals surface area contributed by atoms with Gasteiger partial charge in [-0.2, -0.15) is 30.9 Å². The van der Waals surface area contributed by atoms with Crippen LogP contribution in [0.4, 0.5) is 11.6 Å². The first-order valence-electron chi connectivity index (χ1n) is 23.6. The molecule has 406 valence electrons. The molecule has 0 bridgehead atoms. The summed E-state index contributed by atoms with van der Waals surface area (Å²) < 4.78 is 15.8. The molecule has 0 aromatic carbocycles. The molecule has 0 unspecified atom stereocenters. The minimum atomic E-state index is -1.43. The monoisotopic (exact) mass is 1160 g/mol. The minimum absolute atomic E-state index is 0.0217. The van der Waals surface area contributed by atoms with Crippen molar-refractivity contribution in [1.82, 2.24) is 38.8 Å². The number of aromatic carboxylic acids is 2. The van der Waals surface area contributed by atoms with Gasteiger partial charge < -0.3 is 39.2 Å². The van der Waals surface area contributed by atoms with Crippen LogP contribution < -0.4 is 21.3 Å². The number of carboxylic acid groups (broad SMARTS) is 2. The highest BCUT2D eigenvalue weighted by Crippen LogP contribution is 2.32. The van der Waals surface area contributed by atoms with Gasteiger partial charge in [0.2, 0.25) is 11.7 Å². The summed E-state index contributed by atoms with van der Waals surface area (Å²) in [4.78, 5) is 108. The molecule has 0 spiro atoms. The highest BCUT2D eigenvalue weighted by atomic mass is 35.5. The van der Waals surface area contributed by atoms with E-state index in [0.29, 0.717) is 65.0 Å². The van der Waals surface area contributed by atoms with Crippen molar-refractivity contribution in [2.45, 2.75) is 53.9 Å². The molecule has 1 amide bonds. The number of ketones is 1. The van der Waals surface area contributed by atoms with Gasteiger partial charge in [0, 0.05) is 82.3 Å². The Morgan fingerprint density at radius 2 is 1.51 bits per heavy atom. The average molecular weight is 1160 g/mol. The molecular formula is C51H48Cl2N10O12S3. The summed E-state index contributed by atoms with van der Waals surface area (Å²) in [5.74, 6) is -3.91. The first kappa shape index (κ1) is 56.4. The Bertz CT molecular complexity index is 3690. The number of aryl methyl sites for hydroxylation is 1. The Hall–Kier alpha value is -7.81. The van der Waals surface area contributed by atoms with E-state index in [9.17, 15) is 48.6 Å². The summed E-state index contributed by atoms with van der Waals surface area (Å²) >= 11 is 16.2. The van der Waals surface area contributed by atoms with Gasteiger partial charge in [0.1, 0.15) is 29.6 Å². The number of carbonyl (C=O) groups is 6. The maximum absolute atomic E-state index is 13.5. The number of carboxylic acids is 2. The van der Waals surface area contributed by atoms with E-state index in [1.54, 1.807) is 68.6 Å². The summed E-state index contributed by atoms with van der Waals surface area (Å²) in [7, 11) is 1.77. The van der Waals surface area contributed by atoms with Crippen LogP contribution >= 0.6 is 57.2 Å². The molecule has 1 saturated heterocycles. The summed E-state index contributed by atoms with van der Waals surface area (Å²) in [6.45, 7) is 8.15. The third-order valence-electron chi connectivity index (χ3n) is 12.0. The predicted molar refractivity (Wildman–Crippen MR) is 293 cm³/mol. The molecule has 3 N–H and O–H groups in total. The van der Waals surface area contributed by atoms with Crippen LogP contribution in [0.15, 0.2) is 97.9 Å². The van der Waals surface area contributed by atoms with Gasteiger partial charge in [-0.15, -0.1) is 22.7 Å². The number of hydrogen-bond acceptors (Lipinski definition) is 18. The lowest BCUT2D eigenvalue weighted by atomic mass is 9.96. The normalized spacial score (nSPS) is 12.5. The fourth-order valence-electron chi connectivity index (χ4n) is 8.13. The number of amides is 1. The van der Waals surface area contributed by atoms with Crippen LogP contribution in [0.1, 0.15) is 82.6 Å². The Labute approximate surface area is 465 Å². The number of nitrogens with zero attached hydrogens (tertiary/aromatic N) is 9. The lowest BCUT2D eigenvalue weighted by Gasteiger charge is -2.27. The van der Waals surface area contributed by atoms with E-state index < -0.39 is 52.5 Å². The molecule has 1 aliphatic heterocycles. The van der Waals surface area contributed by atoms with Crippen molar-refractivity contribution >= 4 is 104 Å². The second-order valence-electron chi connectivity index (χ2n) is 18.5. The van der Waals surface area contributed by atoms with Gasteiger partial charge in [-0.3, -0.25) is 33.3 Å². The van der Waals surface area contributed by atoms with Crippen molar-refractivity contribution in [2.75, 3.05) is 43.6 Å². The molecule has 8 aromatic rings. The largest absolute Gasteiger partial charge is 0.478 e. The number of ether oxygens (including phenoxy) is 1. The third-order valence-corrected chi connectivity index (χ3v) is 15.1. The summed E-state index contributed by atoms with van der Waals surface area (Å²) in [6.07, 6.45) is 2.59. The highest BCUT2D eigenvalue weighted by molar-refractivity contribution is 7.16. The third kappa shape index (κ3) is 12.6. The molecule has 0 radical (unpaired) electrons. The summed E-state index contributed by atoms with van der Waals surface area (Å²) in [6, 6.07) is 15.8. The van der Waals surface area contributed by atoms with Gasteiger partial charge in [-0.25, -0.2) is 9.59 Å². The van der Waals surface area contributed by atoms with Crippen molar-refractivity contribution in [2.24, 2.45) is 5.41 Å². The lowest BCUT2D eigenvalue weighted by molar-refractivity contribution is -0.135. The first-order chi connectivity index (χ1) is 37.1. The molecule has 0 saturated carbocycles. The molecule has 78 heavy (non-hydrogen) atoms. The van der Waals surface area contributed by atoms with Gasteiger partial charge in [-0.05, 0) is 54.3 Å². The van der Waals surface area contributed by atoms with E-state index in [4.69, 9.17) is 32.5 Å². The van der Waals surface area contributed by atoms with Crippen LogP contribution in [0.2, 0.25) is 8.67 Å². The van der Waals surface area contributed by atoms with Crippen LogP contribution in [-0.2, 0) is 35.7 Å². The molecule has 0 atom stereocenters. The maximum atomic E-state index is 13.5. The molecule has 8 aromatic heterocycles. The van der Waals surface area contributed by atoms with E-state index in [1.807, 2.05) is 12.1 Å². The number of aromatic nitrogens is 7. The number of morpholine rings is 1. The molecule has 22 nitrogen and oxygen atoms in total. The van der Waals surface area contributed by atoms with Crippen molar-refractivity contribution in [1.29, 1.82) is 0 Å². The van der Waals surface area contributed by atoms with Crippen LogP contribution in [0.3, 0.4) is 0 Å². The predicted octanol–water partition coefficient (Wildman–Crippen LogP) is 7.97. The molecule has 27 heteroatoms. The number of hydrogen-bond donors (Lipinski definition) is 3. The zero-order chi connectivity index (χ0) is 56.2. The Morgan fingerprint density at radius 3 is 2.12 bits per heavy atom. The first-order valence-corrected chi connectivity index (χ1v) is 26.9. The number of halogens is 2. The fourth-order valence-corrected chi connectivity index (χ4v) is 11.0. The highest BCUT2D eigenvalue weighted by Gasteiger charge is 2.32. The molecule has 1 fully saturated rings. The van der Waals surface area contributed by atoms with Crippen LogP contribution in [0.25, 0.3) is 22.5 Å². The van der Waals surface area contributed by atoms with Crippen molar-refractivity contribution < 1.29 is 48.2 Å². The zero-order valence-electron chi connectivity index (χ0n) is 42.2. The number of Topliss-reactive ketones (excluding diaryl/α,β-unsaturated/α-hetero) is 1. The van der Waals surface area contributed by atoms with E-state index in [1.165, 1.54) is 86.3 Å². The number of anilines is 2.